The molecule has 0 spiro atoms. The van der Waals surface area contributed by atoms with Gasteiger partial charge in [-0.05, 0) is 67.5 Å². The average molecular weight is 529 g/mol. The van der Waals surface area contributed by atoms with Crippen LogP contribution in [0.15, 0.2) is 54.7 Å². The van der Waals surface area contributed by atoms with E-state index in [2.05, 4.69) is 15.0 Å². The molecule has 2 heterocycles. The Labute approximate surface area is 213 Å². The molecule has 4 rings (SSSR count). The molecule has 1 fully saturated rings. The van der Waals surface area contributed by atoms with Gasteiger partial charge in [0.1, 0.15) is 29.1 Å². The van der Waals surface area contributed by atoms with Crippen LogP contribution in [0, 0.1) is 17.0 Å². The summed E-state index contributed by atoms with van der Waals surface area (Å²) in [5.41, 5.74) is 0.899. The number of hydrogen-bond acceptors (Lipinski definition) is 5. The number of carbonyl (C=O) groups excluding carboxylic acids is 1. The molecule has 1 aliphatic heterocycles. The number of benzene rings is 2. The van der Waals surface area contributed by atoms with Gasteiger partial charge in [0.15, 0.2) is 0 Å². The lowest BCUT2D eigenvalue weighted by Crippen LogP contribution is -2.29. The molecule has 0 unspecified atom stereocenters. The largest absolute Gasteiger partial charge is 0.350 e. The number of nitrogens with zero attached hydrogens (tertiary/aromatic N) is 3. The van der Waals surface area contributed by atoms with Crippen LogP contribution in [-0.2, 0) is 17.1 Å². The van der Waals surface area contributed by atoms with Crippen LogP contribution in [-0.4, -0.2) is 47.4 Å². The maximum atomic E-state index is 14.3. The average Bonchev–Trinajstić information content (AvgIpc) is 3.46. The Morgan fingerprint density at radius 1 is 1.19 bits per heavy atom. The smallest absolute Gasteiger partial charge is 0.256 e. The first-order valence-electron chi connectivity index (χ1n) is 11.4. The van der Waals surface area contributed by atoms with Gasteiger partial charge in [-0.3, -0.25) is 14.9 Å². The van der Waals surface area contributed by atoms with E-state index in [9.17, 15) is 22.0 Å². The summed E-state index contributed by atoms with van der Waals surface area (Å²) in [7, 11) is -1.72. The zero-order valence-corrected chi connectivity index (χ0v) is 21.0. The molecule has 0 bridgehead atoms. The Morgan fingerprint density at radius 3 is 2.62 bits per heavy atom. The van der Waals surface area contributed by atoms with E-state index in [1.54, 1.807) is 22.6 Å². The zero-order valence-electron chi connectivity index (χ0n) is 20.2. The first-order chi connectivity index (χ1) is 17.5. The summed E-state index contributed by atoms with van der Waals surface area (Å²) in [6.45, 7) is 0.546. The van der Waals surface area contributed by atoms with Gasteiger partial charge in [-0.1, -0.05) is 0 Å². The van der Waals surface area contributed by atoms with Gasteiger partial charge in [-0.2, -0.15) is 0 Å². The predicted octanol–water partition coefficient (Wildman–Crippen LogP) is 4.15. The first-order valence-corrected chi connectivity index (χ1v) is 13.3. The molecule has 194 valence electrons. The van der Waals surface area contributed by atoms with Crippen molar-refractivity contribution in [2.24, 2.45) is 7.05 Å². The second-order valence-corrected chi connectivity index (χ2v) is 10.5. The van der Waals surface area contributed by atoms with Gasteiger partial charge in [0, 0.05) is 30.4 Å². The van der Waals surface area contributed by atoms with Gasteiger partial charge in [0.05, 0.1) is 18.5 Å². The van der Waals surface area contributed by atoms with Crippen molar-refractivity contribution in [1.29, 1.82) is 5.41 Å². The van der Waals surface area contributed by atoms with Crippen LogP contribution in [0.2, 0.25) is 0 Å². The van der Waals surface area contributed by atoms with Crippen molar-refractivity contribution in [2.75, 3.05) is 22.8 Å². The highest BCUT2D eigenvalue weighted by molar-refractivity contribution is 7.92. The molecule has 0 saturated carbocycles. The molecule has 12 heteroatoms. The summed E-state index contributed by atoms with van der Waals surface area (Å²) in [4.78, 5) is 18.6. The number of halogens is 2. The van der Waals surface area contributed by atoms with Crippen LogP contribution >= 0.6 is 0 Å². The van der Waals surface area contributed by atoms with Crippen molar-refractivity contribution in [3.63, 3.8) is 0 Å². The van der Waals surface area contributed by atoms with Crippen LogP contribution < -0.4 is 10.0 Å². The van der Waals surface area contributed by atoms with Crippen LogP contribution in [0.5, 0.6) is 0 Å². The van der Waals surface area contributed by atoms with E-state index >= 15 is 0 Å². The number of sulfonamides is 1. The summed E-state index contributed by atoms with van der Waals surface area (Å²) >= 11 is 0. The molecule has 1 aliphatic rings. The standard InChI is InChI=1S/C25H26F2N6O3S/c1-32-23(12-11-22(28)33-13-3-4-21(33)19-14-17(26)7-10-20(19)27)29-15-24(32)30-25(34)16-5-8-18(9-6-16)31-37(2,35)36/h5-12,14-15,21,28,31H,3-4,13H2,1-2H3,(H,30,34)/b12-11-,28-22?/t21-/m1/s1. The van der Waals surface area contributed by atoms with Crippen LogP contribution in [0.25, 0.3) is 6.08 Å². The number of anilines is 2. The highest BCUT2D eigenvalue weighted by atomic mass is 32.2. The zero-order chi connectivity index (χ0) is 26.7. The lowest BCUT2D eigenvalue weighted by Gasteiger charge is -2.26. The number of aromatic nitrogens is 2. The summed E-state index contributed by atoms with van der Waals surface area (Å²) < 4.78 is 54.6. The van der Waals surface area contributed by atoms with E-state index in [0.717, 1.165) is 24.8 Å². The van der Waals surface area contributed by atoms with E-state index in [1.165, 1.54) is 42.6 Å². The molecular formula is C25H26F2N6O3S. The summed E-state index contributed by atoms with van der Waals surface area (Å²) in [5.74, 6) is -0.400. The van der Waals surface area contributed by atoms with Crippen molar-refractivity contribution in [3.05, 3.63) is 83.3 Å². The van der Waals surface area contributed by atoms with Gasteiger partial charge >= 0.3 is 0 Å². The summed E-state index contributed by atoms with van der Waals surface area (Å²) in [6, 6.07) is 8.89. The minimum absolute atomic E-state index is 0.141. The van der Waals surface area contributed by atoms with Gasteiger partial charge in [-0.25, -0.2) is 22.2 Å². The minimum atomic E-state index is -3.42. The molecule has 0 radical (unpaired) electrons. The van der Waals surface area contributed by atoms with Gasteiger partial charge in [-0.15, -0.1) is 0 Å². The number of likely N-dealkylation sites (tertiary alicyclic amines) is 1. The van der Waals surface area contributed by atoms with E-state index < -0.39 is 33.6 Å². The van der Waals surface area contributed by atoms with Crippen molar-refractivity contribution in [3.8, 4) is 0 Å². The Bertz CT molecular complexity index is 1470. The molecule has 1 saturated heterocycles. The number of imidazole rings is 1. The highest BCUT2D eigenvalue weighted by Gasteiger charge is 2.29. The van der Waals surface area contributed by atoms with Gasteiger partial charge < -0.3 is 14.8 Å². The third kappa shape index (κ3) is 6.20. The van der Waals surface area contributed by atoms with Crippen molar-refractivity contribution in [1.82, 2.24) is 14.5 Å². The van der Waals surface area contributed by atoms with Crippen LogP contribution in [0.3, 0.4) is 0 Å². The fraction of sp³-hybridized carbons (Fsp3) is 0.240. The number of amidine groups is 1. The molecular weight excluding hydrogens is 502 g/mol. The van der Waals surface area contributed by atoms with Crippen molar-refractivity contribution >= 4 is 39.3 Å². The molecule has 2 aromatic carbocycles. The SMILES string of the molecule is Cn1c(NC(=O)c2ccc(NS(C)(=O)=O)cc2)cnc1/C=C\C(=N)N1CCC[C@@H]1c1cc(F)ccc1F. The van der Waals surface area contributed by atoms with Crippen LogP contribution in [0.1, 0.15) is 40.6 Å². The Balaban J connectivity index is 1.42. The van der Waals surface area contributed by atoms with Crippen LogP contribution in [0.4, 0.5) is 20.3 Å². The first kappa shape index (κ1) is 26.0. The Kier molecular flexibility index (Phi) is 7.39. The molecule has 3 aromatic rings. The number of rotatable bonds is 7. The number of carbonyl (C=O) groups is 1. The van der Waals surface area contributed by atoms with Gasteiger partial charge in [0.25, 0.3) is 5.91 Å². The monoisotopic (exact) mass is 528 g/mol. The predicted molar refractivity (Wildman–Crippen MR) is 138 cm³/mol. The second-order valence-electron chi connectivity index (χ2n) is 8.70. The molecule has 37 heavy (non-hydrogen) atoms. The number of hydrogen-bond donors (Lipinski definition) is 3. The summed E-state index contributed by atoms with van der Waals surface area (Å²) in [6.07, 6.45) is 7.03. The summed E-state index contributed by atoms with van der Waals surface area (Å²) in [5, 5.41) is 11.2. The van der Waals surface area contributed by atoms with Crippen molar-refractivity contribution in [2.45, 2.75) is 18.9 Å². The quantitative estimate of drug-likeness (QED) is 0.314. The minimum Gasteiger partial charge on any atom is -0.350 e. The number of nitrogens with one attached hydrogen (secondary N) is 3. The Hall–Kier alpha value is -4.06. The van der Waals surface area contributed by atoms with Crippen molar-refractivity contribution < 1.29 is 22.0 Å². The molecule has 1 aromatic heterocycles. The maximum Gasteiger partial charge on any atom is 0.256 e. The topological polar surface area (TPSA) is 120 Å². The molecule has 1 amide bonds. The highest BCUT2D eigenvalue weighted by Crippen LogP contribution is 2.34. The van der Waals surface area contributed by atoms with E-state index in [-0.39, 0.29) is 11.4 Å². The molecule has 3 N–H and O–H groups in total. The third-order valence-electron chi connectivity index (χ3n) is 5.99. The lowest BCUT2D eigenvalue weighted by atomic mass is 10.0. The number of amides is 1. The molecule has 1 atom stereocenters. The second kappa shape index (κ2) is 10.5. The molecule has 0 aliphatic carbocycles. The van der Waals surface area contributed by atoms with E-state index in [0.29, 0.717) is 35.9 Å². The fourth-order valence-electron chi connectivity index (χ4n) is 4.18. The maximum absolute atomic E-state index is 14.3. The third-order valence-corrected chi connectivity index (χ3v) is 6.59. The van der Waals surface area contributed by atoms with E-state index in [4.69, 9.17) is 5.41 Å². The lowest BCUT2D eigenvalue weighted by molar-refractivity contribution is 0.102. The molecule has 9 nitrogen and oxygen atoms in total. The fourth-order valence-corrected chi connectivity index (χ4v) is 4.75. The van der Waals surface area contributed by atoms with E-state index in [1.807, 2.05) is 0 Å². The van der Waals surface area contributed by atoms with Gasteiger partial charge in [0.2, 0.25) is 10.0 Å². The normalized spacial score (nSPS) is 15.8. The Morgan fingerprint density at radius 2 is 1.92 bits per heavy atom.